The van der Waals surface area contributed by atoms with E-state index in [1.54, 1.807) is 6.92 Å². The second-order valence-corrected chi connectivity index (χ2v) is 5.15. The lowest BCUT2D eigenvalue weighted by molar-refractivity contribution is 0.0956. The molecule has 0 unspecified atom stereocenters. The molecule has 4 aromatic heterocycles. The first-order valence-corrected chi connectivity index (χ1v) is 7.14. The fourth-order valence-electron chi connectivity index (χ4n) is 2.35. The van der Waals surface area contributed by atoms with Crippen molar-refractivity contribution in [3.05, 3.63) is 48.8 Å². The predicted octanol–water partition coefficient (Wildman–Crippen LogP) is 0.315. The molecule has 2 N–H and O–H groups in total. The van der Waals surface area contributed by atoms with Crippen molar-refractivity contribution in [1.82, 2.24) is 38.9 Å². The number of hydrogen-bond acceptors (Lipinski definition) is 8. The molecule has 11 nitrogen and oxygen atoms in total. The van der Waals surface area contributed by atoms with Gasteiger partial charge in [0, 0.05) is 24.8 Å². The quantitative estimate of drug-likeness (QED) is 0.523. The molecule has 0 saturated heterocycles. The standard InChI is InChI=1S/C14H11N9O2/c1-8-9-12(23(20-8)14(25)22-5-3-17-7-22)19-11(15)10(18-9)13(24)21-4-2-16-6-21/h2-7H,1H3,(H2,15,19). The minimum absolute atomic E-state index is 0.0387. The van der Waals surface area contributed by atoms with Crippen LogP contribution in [0.1, 0.15) is 16.2 Å². The minimum Gasteiger partial charge on any atom is -0.382 e. The van der Waals surface area contributed by atoms with E-state index in [1.807, 2.05) is 0 Å². The van der Waals surface area contributed by atoms with E-state index in [2.05, 4.69) is 25.0 Å². The zero-order chi connectivity index (χ0) is 17.6. The van der Waals surface area contributed by atoms with Crippen molar-refractivity contribution in [3.8, 4) is 0 Å². The Bertz CT molecular complexity index is 1090. The van der Waals surface area contributed by atoms with Gasteiger partial charge in [0.25, 0.3) is 5.91 Å². The first kappa shape index (κ1) is 14.7. The van der Waals surface area contributed by atoms with Crippen molar-refractivity contribution in [2.24, 2.45) is 0 Å². The van der Waals surface area contributed by atoms with Gasteiger partial charge in [-0.25, -0.2) is 24.7 Å². The van der Waals surface area contributed by atoms with Crippen molar-refractivity contribution in [1.29, 1.82) is 0 Å². The van der Waals surface area contributed by atoms with Crippen LogP contribution in [-0.2, 0) is 0 Å². The lowest BCUT2D eigenvalue weighted by atomic mass is 10.3. The number of aromatic nitrogens is 8. The largest absolute Gasteiger partial charge is 0.382 e. The molecular weight excluding hydrogens is 326 g/mol. The van der Waals surface area contributed by atoms with Crippen LogP contribution in [-0.4, -0.2) is 50.8 Å². The molecule has 11 heteroatoms. The van der Waals surface area contributed by atoms with Gasteiger partial charge >= 0.3 is 6.03 Å². The van der Waals surface area contributed by atoms with Crippen LogP contribution < -0.4 is 5.73 Å². The second kappa shape index (κ2) is 5.33. The number of rotatable bonds is 1. The molecule has 0 aliphatic carbocycles. The smallest absolute Gasteiger partial charge is 0.356 e. The van der Waals surface area contributed by atoms with Crippen molar-refractivity contribution in [3.63, 3.8) is 0 Å². The van der Waals surface area contributed by atoms with Crippen molar-refractivity contribution < 1.29 is 9.59 Å². The highest BCUT2D eigenvalue weighted by Crippen LogP contribution is 2.19. The SMILES string of the molecule is Cc1nn(C(=O)n2ccnc2)c2nc(N)c(C(=O)n3ccnc3)nc12. The highest BCUT2D eigenvalue weighted by Gasteiger charge is 2.22. The molecular formula is C14H11N9O2. The molecule has 0 bridgehead atoms. The van der Waals surface area contributed by atoms with E-state index in [-0.39, 0.29) is 17.2 Å². The number of anilines is 1. The number of imidazole rings is 2. The Labute approximate surface area is 139 Å². The minimum atomic E-state index is -0.488. The molecule has 0 spiro atoms. The molecule has 0 atom stereocenters. The predicted molar refractivity (Wildman–Crippen MR) is 84.8 cm³/mol. The summed E-state index contributed by atoms with van der Waals surface area (Å²) in [5.74, 6) is -0.580. The molecule has 0 amide bonds. The van der Waals surface area contributed by atoms with Crippen LogP contribution in [0.15, 0.2) is 37.4 Å². The van der Waals surface area contributed by atoms with Crippen LogP contribution in [0.5, 0.6) is 0 Å². The van der Waals surface area contributed by atoms with E-state index in [9.17, 15) is 9.59 Å². The van der Waals surface area contributed by atoms with Crippen LogP contribution in [0, 0.1) is 6.92 Å². The summed E-state index contributed by atoms with van der Waals surface area (Å²) in [5.41, 5.74) is 6.77. The zero-order valence-corrected chi connectivity index (χ0v) is 12.9. The Balaban J connectivity index is 1.87. The summed E-state index contributed by atoms with van der Waals surface area (Å²) in [6.45, 7) is 1.66. The number of fused-ring (bicyclic) bond motifs is 1. The van der Waals surface area contributed by atoms with Crippen molar-refractivity contribution >= 4 is 28.9 Å². The van der Waals surface area contributed by atoms with Crippen molar-refractivity contribution in [2.75, 3.05) is 5.73 Å². The molecule has 0 aliphatic rings. The third kappa shape index (κ3) is 2.25. The van der Waals surface area contributed by atoms with E-state index < -0.39 is 11.9 Å². The average molecular weight is 337 g/mol. The Morgan fingerprint density at radius 2 is 1.72 bits per heavy atom. The van der Waals surface area contributed by atoms with Gasteiger partial charge in [-0.1, -0.05) is 0 Å². The molecule has 0 aliphatic heterocycles. The average Bonchev–Trinajstić information content (AvgIpc) is 3.35. The Kier molecular flexibility index (Phi) is 3.13. The third-order valence-corrected chi connectivity index (χ3v) is 3.55. The van der Waals surface area contributed by atoms with E-state index in [4.69, 9.17) is 5.73 Å². The second-order valence-electron chi connectivity index (χ2n) is 5.15. The summed E-state index contributed by atoms with van der Waals surface area (Å²) in [4.78, 5) is 41.0. The fourth-order valence-corrected chi connectivity index (χ4v) is 2.35. The van der Waals surface area contributed by atoms with Crippen LogP contribution in [0.4, 0.5) is 10.6 Å². The number of carbonyl (C=O) groups excluding carboxylic acids is 2. The van der Waals surface area contributed by atoms with Gasteiger partial charge in [0.1, 0.15) is 18.2 Å². The zero-order valence-electron chi connectivity index (χ0n) is 12.9. The normalized spacial score (nSPS) is 11.1. The lowest BCUT2D eigenvalue weighted by Gasteiger charge is -2.05. The maximum absolute atomic E-state index is 12.5. The summed E-state index contributed by atoms with van der Waals surface area (Å²) in [5, 5.41) is 4.16. The van der Waals surface area contributed by atoms with Gasteiger partial charge < -0.3 is 5.73 Å². The molecule has 0 aromatic carbocycles. The van der Waals surface area contributed by atoms with Crippen LogP contribution in [0.2, 0.25) is 0 Å². The molecule has 0 saturated carbocycles. The fraction of sp³-hybridized carbons (Fsp3) is 0.0714. The van der Waals surface area contributed by atoms with E-state index in [0.717, 1.165) is 4.68 Å². The monoisotopic (exact) mass is 337 g/mol. The van der Waals surface area contributed by atoms with E-state index >= 15 is 0 Å². The highest BCUT2D eigenvalue weighted by atomic mass is 16.2. The number of carbonyl (C=O) groups is 2. The van der Waals surface area contributed by atoms with Gasteiger partial charge in [0.15, 0.2) is 17.2 Å². The van der Waals surface area contributed by atoms with Gasteiger partial charge in [-0.3, -0.25) is 13.9 Å². The third-order valence-electron chi connectivity index (χ3n) is 3.55. The molecule has 4 aromatic rings. The van der Waals surface area contributed by atoms with Gasteiger partial charge in [0.2, 0.25) is 0 Å². The number of nitrogen functional groups attached to an aromatic ring is 1. The van der Waals surface area contributed by atoms with Gasteiger partial charge in [-0.2, -0.15) is 9.78 Å². The number of nitrogens with two attached hydrogens (primary N) is 1. The number of aryl methyl sites for hydroxylation is 1. The van der Waals surface area contributed by atoms with E-state index in [0.29, 0.717) is 11.2 Å². The summed E-state index contributed by atoms with van der Waals surface area (Å²) in [6.07, 6.45) is 8.59. The summed E-state index contributed by atoms with van der Waals surface area (Å²) >= 11 is 0. The number of nitrogens with zero attached hydrogens (tertiary/aromatic N) is 8. The topological polar surface area (TPSA) is 139 Å². The Morgan fingerprint density at radius 3 is 2.36 bits per heavy atom. The van der Waals surface area contributed by atoms with Crippen LogP contribution >= 0.6 is 0 Å². The molecule has 4 rings (SSSR count). The molecule has 25 heavy (non-hydrogen) atoms. The summed E-state index contributed by atoms with van der Waals surface area (Å²) in [6, 6.07) is -0.488. The van der Waals surface area contributed by atoms with Gasteiger partial charge in [0.05, 0.1) is 5.69 Å². The van der Waals surface area contributed by atoms with Crippen molar-refractivity contribution in [2.45, 2.75) is 6.92 Å². The number of hydrogen-bond donors (Lipinski definition) is 1. The maximum Gasteiger partial charge on any atom is 0.356 e. The summed E-state index contributed by atoms with van der Waals surface area (Å²) in [7, 11) is 0. The van der Waals surface area contributed by atoms with Gasteiger partial charge in [-0.15, -0.1) is 0 Å². The molecule has 124 valence electrons. The summed E-state index contributed by atoms with van der Waals surface area (Å²) < 4.78 is 3.55. The first-order valence-electron chi connectivity index (χ1n) is 7.14. The van der Waals surface area contributed by atoms with Crippen LogP contribution in [0.25, 0.3) is 11.2 Å². The molecule has 0 fully saturated rings. The van der Waals surface area contributed by atoms with Crippen LogP contribution in [0.3, 0.4) is 0 Å². The lowest BCUT2D eigenvalue weighted by Crippen LogP contribution is -2.20. The first-order chi connectivity index (χ1) is 12.1. The van der Waals surface area contributed by atoms with E-state index in [1.165, 1.54) is 46.6 Å². The Morgan fingerprint density at radius 1 is 1.04 bits per heavy atom. The highest BCUT2D eigenvalue weighted by molar-refractivity contribution is 6.00. The van der Waals surface area contributed by atoms with Gasteiger partial charge in [-0.05, 0) is 6.92 Å². The molecule has 4 heterocycles. The molecule has 0 radical (unpaired) electrons. The maximum atomic E-state index is 12.5. The Hall–Kier alpha value is -3.89.